The van der Waals surface area contributed by atoms with Gasteiger partial charge in [0.15, 0.2) is 0 Å². The average molecular weight is 306 g/mol. The quantitative estimate of drug-likeness (QED) is 0.788. The Morgan fingerprint density at radius 2 is 2.09 bits per heavy atom. The lowest BCUT2D eigenvalue weighted by atomic mass is 9.81. The normalized spacial score (nSPS) is 19.9. The number of hydrogen-bond donors (Lipinski definition) is 1. The predicted octanol–water partition coefficient (Wildman–Crippen LogP) is 3.15. The lowest BCUT2D eigenvalue weighted by molar-refractivity contribution is 0.605. The van der Waals surface area contributed by atoms with Gasteiger partial charge < -0.3 is 5.73 Å². The lowest BCUT2D eigenvalue weighted by Crippen LogP contribution is -2.27. The number of rotatable bonds is 2. The Kier molecular flexibility index (Phi) is 2.78. The maximum atomic E-state index is 5.64. The van der Waals surface area contributed by atoms with Gasteiger partial charge in [-0.2, -0.15) is 0 Å². The average Bonchev–Trinajstić information content (AvgIpc) is 3.07. The molecule has 1 aliphatic heterocycles. The third-order valence-corrected chi connectivity index (χ3v) is 4.90. The Hall–Kier alpha value is -2.76. The van der Waals surface area contributed by atoms with E-state index in [0.29, 0.717) is 0 Å². The summed E-state index contributed by atoms with van der Waals surface area (Å²) in [4.78, 5) is 13.7. The van der Waals surface area contributed by atoms with E-state index in [1.807, 2.05) is 24.4 Å². The van der Waals surface area contributed by atoms with Crippen LogP contribution >= 0.6 is 0 Å². The SMILES string of the molecule is CCC1(C)C(C)=Nc2ccc(-c3ccn4nc(N)ncc34)nc21. The van der Waals surface area contributed by atoms with Crippen molar-refractivity contribution >= 4 is 22.9 Å². The van der Waals surface area contributed by atoms with Gasteiger partial charge in [0.2, 0.25) is 5.95 Å². The highest BCUT2D eigenvalue weighted by atomic mass is 15.3. The fourth-order valence-electron chi connectivity index (χ4n) is 3.13. The molecule has 0 saturated heterocycles. The van der Waals surface area contributed by atoms with Crippen molar-refractivity contribution in [2.45, 2.75) is 32.6 Å². The molecule has 6 nitrogen and oxygen atoms in total. The Bertz CT molecular complexity index is 955. The molecule has 4 heterocycles. The summed E-state index contributed by atoms with van der Waals surface area (Å²) in [6.45, 7) is 6.46. The van der Waals surface area contributed by atoms with E-state index >= 15 is 0 Å². The molecule has 0 saturated carbocycles. The molecule has 23 heavy (non-hydrogen) atoms. The molecule has 0 aliphatic carbocycles. The zero-order valence-electron chi connectivity index (χ0n) is 13.4. The second-order valence-electron chi connectivity index (χ2n) is 6.12. The smallest absolute Gasteiger partial charge is 0.238 e. The molecule has 0 spiro atoms. The third-order valence-electron chi connectivity index (χ3n) is 4.90. The number of nitrogen functional groups attached to an aromatic ring is 1. The molecule has 6 heteroatoms. The molecule has 0 aromatic carbocycles. The number of pyridine rings is 1. The molecule has 116 valence electrons. The van der Waals surface area contributed by atoms with Crippen molar-refractivity contribution in [2.75, 3.05) is 5.73 Å². The van der Waals surface area contributed by atoms with Gasteiger partial charge >= 0.3 is 0 Å². The van der Waals surface area contributed by atoms with Gasteiger partial charge in [-0.15, -0.1) is 5.10 Å². The minimum Gasteiger partial charge on any atom is -0.367 e. The molecule has 0 amide bonds. The van der Waals surface area contributed by atoms with Crippen LogP contribution in [0.3, 0.4) is 0 Å². The van der Waals surface area contributed by atoms with Crippen molar-refractivity contribution in [2.24, 2.45) is 4.99 Å². The Morgan fingerprint density at radius 1 is 1.26 bits per heavy atom. The summed E-state index contributed by atoms with van der Waals surface area (Å²) < 4.78 is 1.73. The van der Waals surface area contributed by atoms with Gasteiger partial charge in [-0.25, -0.2) is 14.5 Å². The maximum absolute atomic E-state index is 5.64. The number of fused-ring (bicyclic) bond motifs is 2. The number of hydrogen-bond acceptors (Lipinski definition) is 5. The van der Waals surface area contributed by atoms with Crippen LogP contribution in [0, 0.1) is 0 Å². The van der Waals surface area contributed by atoms with Crippen molar-refractivity contribution < 1.29 is 0 Å². The number of nitrogens with zero attached hydrogens (tertiary/aromatic N) is 5. The van der Waals surface area contributed by atoms with E-state index in [-0.39, 0.29) is 11.4 Å². The van der Waals surface area contributed by atoms with Crippen LogP contribution in [-0.2, 0) is 5.41 Å². The lowest BCUT2D eigenvalue weighted by Gasteiger charge is -2.23. The van der Waals surface area contributed by atoms with E-state index in [4.69, 9.17) is 10.7 Å². The summed E-state index contributed by atoms with van der Waals surface area (Å²) in [7, 11) is 0. The van der Waals surface area contributed by atoms with Crippen molar-refractivity contribution in [3.05, 3.63) is 36.3 Å². The molecule has 1 aliphatic rings. The maximum Gasteiger partial charge on any atom is 0.238 e. The molecule has 3 aromatic rings. The zero-order chi connectivity index (χ0) is 16.2. The molecule has 4 rings (SSSR count). The summed E-state index contributed by atoms with van der Waals surface area (Å²) in [6.07, 6.45) is 4.58. The number of nitrogens with two attached hydrogens (primary N) is 1. The topological polar surface area (TPSA) is 81.5 Å². The monoisotopic (exact) mass is 306 g/mol. The minimum atomic E-state index is -0.0954. The summed E-state index contributed by atoms with van der Waals surface area (Å²) >= 11 is 0. The number of anilines is 1. The van der Waals surface area contributed by atoms with E-state index < -0.39 is 0 Å². The van der Waals surface area contributed by atoms with Crippen LogP contribution in [0.25, 0.3) is 16.8 Å². The van der Waals surface area contributed by atoms with Crippen LogP contribution < -0.4 is 5.73 Å². The molecule has 1 unspecified atom stereocenters. The highest BCUT2D eigenvalue weighted by molar-refractivity contribution is 5.99. The first-order chi connectivity index (χ1) is 11.0. The molecular formula is C17H18N6. The fourth-order valence-corrected chi connectivity index (χ4v) is 3.13. The number of aromatic nitrogens is 4. The van der Waals surface area contributed by atoms with Gasteiger partial charge in [0, 0.05) is 22.9 Å². The van der Waals surface area contributed by atoms with E-state index in [9.17, 15) is 0 Å². The highest BCUT2D eigenvalue weighted by Gasteiger charge is 2.37. The molecule has 0 radical (unpaired) electrons. The first kappa shape index (κ1) is 13.9. The van der Waals surface area contributed by atoms with E-state index in [1.165, 1.54) is 0 Å². The first-order valence-corrected chi connectivity index (χ1v) is 7.70. The van der Waals surface area contributed by atoms with E-state index in [0.717, 1.165) is 40.3 Å². The first-order valence-electron chi connectivity index (χ1n) is 7.70. The summed E-state index contributed by atoms with van der Waals surface area (Å²) in [5.41, 5.74) is 11.5. The van der Waals surface area contributed by atoms with Crippen LogP contribution in [-0.4, -0.2) is 25.3 Å². The molecule has 3 aromatic heterocycles. The highest BCUT2D eigenvalue weighted by Crippen LogP contribution is 2.42. The van der Waals surface area contributed by atoms with Gasteiger partial charge in [0.05, 0.1) is 28.8 Å². The van der Waals surface area contributed by atoms with Gasteiger partial charge in [-0.3, -0.25) is 4.99 Å². The van der Waals surface area contributed by atoms with Crippen LogP contribution in [0.4, 0.5) is 11.6 Å². The Balaban J connectivity index is 1.89. The number of aliphatic imine (C=N–C) groups is 1. The second kappa shape index (κ2) is 4.62. The summed E-state index contributed by atoms with van der Waals surface area (Å²) in [6, 6.07) is 6.04. The molecular weight excluding hydrogens is 288 g/mol. The zero-order valence-corrected chi connectivity index (χ0v) is 13.4. The summed E-state index contributed by atoms with van der Waals surface area (Å²) in [5.74, 6) is 0.254. The Labute approximate surface area is 134 Å². The van der Waals surface area contributed by atoms with E-state index in [2.05, 4.69) is 35.8 Å². The standard InChI is InChI=1S/C17H18N6/c1-4-17(3)10(2)20-13-6-5-12(21-15(13)17)11-7-8-23-14(11)9-19-16(18)22-23/h5-9H,4H2,1-3H3,(H2,18,22). The van der Waals surface area contributed by atoms with Gasteiger partial charge in [-0.05, 0) is 38.5 Å². The predicted molar refractivity (Wildman–Crippen MR) is 91.0 cm³/mol. The molecule has 0 fully saturated rings. The minimum absolute atomic E-state index is 0.0954. The van der Waals surface area contributed by atoms with Gasteiger partial charge in [-0.1, -0.05) is 6.92 Å². The fraction of sp³-hybridized carbons (Fsp3) is 0.294. The van der Waals surface area contributed by atoms with Crippen LogP contribution in [0.1, 0.15) is 32.9 Å². The largest absolute Gasteiger partial charge is 0.367 e. The van der Waals surface area contributed by atoms with Gasteiger partial charge in [0.1, 0.15) is 0 Å². The van der Waals surface area contributed by atoms with Crippen LogP contribution in [0.2, 0.25) is 0 Å². The second-order valence-corrected chi connectivity index (χ2v) is 6.12. The summed E-state index contributed by atoms with van der Waals surface area (Å²) in [5, 5.41) is 4.18. The Morgan fingerprint density at radius 3 is 2.87 bits per heavy atom. The van der Waals surface area contributed by atoms with Gasteiger partial charge in [0.25, 0.3) is 0 Å². The van der Waals surface area contributed by atoms with Crippen molar-refractivity contribution in [1.29, 1.82) is 0 Å². The van der Waals surface area contributed by atoms with Crippen molar-refractivity contribution in [1.82, 2.24) is 19.6 Å². The molecule has 0 bridgehead atoms. The molecule has 1 atom stereocenters. The van der Waals surface area contributed by atoms with Crippen molar-refractivity contribution in [3.63, 3.8) is 0 Å². The van der Waals surface area contributed by atoms with Crippen LogP contribution in [0.15, 0.2) is 35.6 Å². The third kappa shape index (κ3) is 1.87. The van der Waals surface area contributed by atoms with Crippen LogP contribution in [0.5, 0.6) is 0 Å². The van der Waals surface area contributed by atoms with Crippen molar-refractivity contribution in [3.8, 4) is 11.3 Å². The van der Waals surface area contributed by atoms with E-state index in [1.54, 1.807) is 10.7 Å². The molecule has 2 N–H and O–H groups in total.